The monoisotopic (exact) mass is 492 g/mol. The quantitative estimate of drug-likeness (QED) is 0.0924. The van der Waals surface area contributed by atoms with Gasteiger partial charge in [-0.15, -0.1) is 23.2 Å². The Hall–Kier alpha value is 0.500. The summed E-state index contributed by atoms with van der Waals surface area (Å²) in [5.74, 6) is 0. The third-order valence-corrected chi connectivity index (χ3v) is 7.05. The number of unbranched alkanes of at least 4 members (excludes halogenated alkanes) is 13. The Morgan fingerprint density at radius 3 is 0.875 bits per heavy atom. The Labute approximate surface area is 213 Å². The molecular formula is C28H58Cl2N2. The van der Waals surface area contributed by atoms with Crippen LogP contribution in [0.25, 0.3) is 0 Å². The van der Waals surface area contributed by atoms with Crippen molar-refractivity contribution in [1.82, 2.24) is 9.80 Å². The molecule has 0 heterocycles. The number of halogens is 2. The van der Waals surface area contributed by atoms with Crippen LogP contribution in [0.15, 0.2) is 0 Å². The molecule has 0 rings (SSSR count). The van der Waals surface area contributed by atoms with Gasteiger partial charge in [0.2, 0.25) is 0 Å². The number of rotatable bonds is 25. The van der Waals surface area contributed by atoms with Crippen LogP contribution in [-0.2, 0) is 0 Å². The van der Waals surface area contributed by atoms with Gasteiger partial charge in [-0.3, -0.25) is 0 Å². The first-order valence-electron chi connectivity index (χ1n) is 14.1. The van der Waals surface area contributed by atoms with E-state index in [4.69, 9.17) is 23.2 Å². The molecule has 0 bridgehead atoms. The molecule has 32 heavy (non-hydrogen) atoms. The van der Waals surface area contributed by atoms with Crippen molar-refractivity contribution in [1.29, 1.82) is 0 Å². The van der Waals surface area contributed by atoms with Crippen molar-refractivity contribution >= 4 is 23.2 Å². The predicted molar refractivity (Wildman–Crippen MR) is 149 cm³/mol. The maximum absolute atomic E-state index is 6.01. The number of hydrogen-bond acceptors (Lipinski definition) is 2. The van der Waals surface area contributed by atoms with E-state index in [0.717, 1.165) is 12.8 Å². The van der Waals surface area contributed by atoms with Crippen LogP contribution in [0.5, 0.6) is 0 Å². The maximum Gasteiger partial charge on any atom is 0.0308 e. The van der Waals surface area contributed by atoms with Crippen LogP contribution in [0.3, 0.4) is 0 Å². The van der Waals surface area contributed by atoms with Gasteiger partial charge in [0.15, 0.2) is 0 Å². The van der Waals surface area contributed by atoms with E-state index in [9.17, 15) is 0 Å². The summed E-state index contributed by atoms with van der Waals surface area (Å²) >= 11 is 12.0. The number of hydrogen-bond donors (Lipinski definition) is 0. The Kier molecular flexibility index (Phi) is 25.0. The van der Waals surface area contributed by atoms with Crippen LogP contribution in [0.2, 0.25) is 0 Å². The van der Waals surface area contributed by atoms with Crippen LogP contribution in [-0.4, -0.2) is 60.8 Å². The molecule has 0 spiro atoms. The molecule has 4 heteroatoms. The minimum absolute atomic E-state index is 0.326. The first-order valence-corrected chi connectivity index (χ1v) is 14.9. The topological polar surface area (TPSA) is 6.48 Å². The van der Waals surface area contributed by atoms with Crippen LogP contribution >= 0.6 is 23.2 Å². The van der Waals surface area contributed by atoms with Gasteiger partial charge in [0, 0.05) is 10.8 Å². The molecule has 0 saturated heterocycles. The number of nitrogens with zero attached hydrogens (tertiary/aromatic N) is 2. The molecule has 2 nitrogen and oxygen atoms in total. The lowest BCUT2D eigenvalue weighted by atomic mass is 10.0. The average molecular weight is 494 g/mol. The van der Waals surface area contributed by atoms with Crippen LogP contribution < -0.4 is 0 Å². The second-order valence-corrected chi connectivity index (χ2v) is 11.9. The van der Waals surface area contributed by atoms with E-state index < -0.39 is 0 Å². The number of alkyl halides is 2. The van der Waals surface area contributed by atoms with Crippen molar-refractivity contribution in [3.05, 3.63) is 0 Å². The molecule has 0 aliphatic heterocycles. The molecule has 0 aromatic rings. The maximum atomic E-state index is 6.01. The molecular weight excluding hydrogens is 435 g/mol. The molecule has 0 radical (unpaired) electrons. The third-order valence-electron chi connectivity index (χ3n) is 6.61. The van der Waals surface area contributed by atoms with E-state index in [-0.39, 0.29) is 0 Å². The van der Waals surface area contributed by atoms with Gasteiger partial charge in [-0.1, -0.05) is 77.0 Å². The summed E-state index contributed by atoms with van der Waals surface area (Å²) in [4.78, 5) is 4.95. The summed E-state index contributed by atoms with van der Waals surface area (Å²) in [6.07, 6.45) is 24.7. The van der Waals surface area contributed by atoms with E-state index in [2.05, 4.69) is 37.7 Å². The first kappa shape index (κ1) is 32.5. The lowest BCUT2D eigenvalue weighted by Crippen LogP contribution is -2.21. The molecule has 0 aromatic heterocycles. The lowest BCUT2D eigenvalue weighted by molar-refractivity contribution is 0.316. The van der Waals surface area contributed by atoms with Gasteiger partial charge in [0.25, 0.3) is 0 Å². The van der Waals surface area contributed by atoms with Gasteiger partial charge in [-0.25, -0.2) is 0 Å². The van der Waals surface area contributed by atoms with Crippen molar-refractivity contribution < 1.29 is 0 Å². The van der Waals surface area contributed by atoms with Gasteiger partial charge in [0.1, 0.15) is 0 Å². The molecule has 2 atom stereocenters. The van der Waals surface area contributed by atoms with Crippen LogP contribution in [0.1, 0.15) is 129 Å². The molecule has 0 saturated carbocycles. The molecule has 0 aliphatic carbocycles. The molecule has 0 aliphatic rings. The fourth-order valence-electron chi connectivity index (χ4n) is 4.39. The summed E-state index contributed by atoms with van der Waals surface area (Å²) in [6, 6.07) is 0. The minimum Gasteiger partial charge on any atom is -0.306 e. The van der Waals surface area contributed by atoms with E-state index in [0.29, 0.717) is 10.8 Å². The molecule has 0 fully saturated rings. The summed E-state index contributed by atoms with van der Waals surface area (Å²) in [6.45, 7) is 9.09. The van der Waals surface area contributed by atoms with Gasteiger partial charge >= 0.3 is 0 Å². The highest BCUT2D eigenvalue weighted by molar-refractivity contribution is 6.20. The average Bonchev–Trinajstić information content (AvgIpc) is 2.72. The zero-order valence-corrected chi connectivity index (χ0v) is 23.9. The van der Waals surface area contributed by atoms with E-state index in [1.807, 2.05) is 0 Å². The normalized spacial score (nSPS) is 13.9. The zero-order valence-electron chi connectivity index (χ0n) is 22.4. The molecule has 0 amide bonds. The highest BCUT2D eigenvalue weighted by atomic mass is 35.5. The van der Waals surface area contributed by atoms with Crippen molar-refractivity contribution in [3.63, 3.8) is 0 Å². The van der Waals surface area contributed by atoms with E-state index in [1.54, 1.807) is 0 Å². The molecule has 0 N–H and O–H groups in total. The predicted octanol–water partition coefficient (Wildman–Crippen LogP) is 9.13. The van der Waals surface area contributed by atoms with Gasteiger partial charge in [-0.05, 0) is 92.6 Å². The van der Waals surface area contributed by atoms with Gasteiger partial charge < -0.3 is 9.80 Å². The third kappa shape index (κ3) is 26.7. The van der Waals surface area contributed by atoms with Gasteiger partial charge in [0.05, 0.1) is 0 Å². The second-order valence-electron chi connectivity index (χ2n) is 10.4. The lowest BCUT2D eigenvalue weighted by Gasteiger charge is -2.16. The molecule has 194 valence electrons. The standard InChI is InChI=1S/C28H58Cl2N2/c1-27(29)21-19-25-31(3)23-17-15-13-11-9-7-5-6-8-10-12-14-16-18-24-32(4)26-20-22-28(2)30/h27-28H,5-26H2,1-4H3. The molecule has 2 unspecified atom stereocenters. The largest absolute Gasteiger partial charge is 0.306 e. The first-order chi connectivity index (χ1) is 15.4. The fraction of sp³-hybridized carbons (Fsp3) is 1.00. The highest BCUT2D eigenvalue weighted by Crippen LogP contribution is 2.13. The SMILES string of the molecule is CC(Cl)CCCN(C)CCCCCCCCCCCCCCCCN(C)CCCC(C)Cl. The summed E-state index contributed by atoms with van der Waals surface area (Å²) < 4.78 is 0. The van der Waals surface area contributed by atoms with Crippen molar-refractivity contribution in [2.75, 3.05) is 40.3 Å². The highest BCUT2D eigenvalue weighted by Gasteiger charge is 2.02. The molecule has 0 aromatic carbocycles. The van der Waals surface area contributed by atoms with Crippen molar-refractivity contribution in [2.24, 2.45) is 0 Å². The minimum atomic E-state index is 0.326. The second kappa shape index (κ2) is 24.6. The van der Waals surface area contributed by atoms with Crippen molar-refractivity contribution in [3.8, 4) is 0 Å². The smallest absolute Gasteiger partial charge is 0.0308 e. The van der Waals surface area contributed by atoms with Crippen LogP contribution in [0, 0.1) is 0 Å². The Morgan fingerprint density at radius 1 is 0.406 bits per heavy atom. The summed E-state index contributed by atoms with van der Waals surface area (Å²) in [5, 5.41) is 0.651. The van der Waals surface area contributed by atoms with Crippen LogP contribution in [0.4, 0.5) is 0 Å². The van der Waals surface area contributed by atoms with Gasteiger partial charge in [-0.2, -0.15) is 0 Å². The summed E-state index contributed by atoms with van der Waals surface area (Å²) in [7, 11) is 4.51. The zero-order chi connectivity index (χ0) is 23.9. The van der Waals surface area contributed by atoms with Crippen molar-refractivity contribution in [2.45, 2.75) is 140 Å². The van der Waals surface area contributed by atoms with E-state index >= 15 is 0 Å². The Bertz CT molecular complexity index is 329. The Balaban J connectivity index is 3.17. The Morgan fingerprint density at radius 2 is 0.625 bits per heavy atom. The van der Waals surface area contributed by atoms with E-state index in [1.165, 1.54) is 129 Å². The summed E-state index contributed by atoms with van der Waals surface area (Å²) in [5.41, 5.74) is 0. The fourth-order valence-corrected chi connectivity index (χ4v) is 4.70.